The molecule has 5 heteroatoms. The van der Waals surface area contributed by atoms with E-state index in [-0.39, 0.29) is 6.03 Å². The topological polar surface area (TPSA) is 50.2 Å². The summed E-state index contributed by atoms with van der Waals surface area (Å²) in [6.45, 7) is 5.79. The van der Waals surface area contributed by atoms with Gasteiger partial charge in [-0.15, -0.1) is 0 Å². The number of aryl methyl sites for hydroxylation is 3. The van der Waals surface area contributed by atoms with Crippen LogP contribution >= 0.6 is 0 Å². The first kappa shape index (κ1) is 16.6. The SMILES string of the molecule is CCc1ccc(CC)c(NC(=O)N2CC[C@H](c3cnn(C)c3)C2)c1. The lowest BCUT2D eigenvalue weighted by atomic mass is 10.0. The zero-order chi connectivity index (χ0) is 17.1. The number of anilines is 1. The van der Waals surface area contributed by atoms with Gasteiger partial charge in [0.05, 0.1) is 6.20 Å². The second-order valence-electron chi connectivity index (χ2n) is 6.51. The molecule has 0 spiro atoms. The fourth-order valence-electron chi connectivity index (χ4n) is 3.33. The number of carbonyl (C=O) groups excluding carboxylic acids is 1. The molecule has 0 unspecified atom stereocenters. The van der Waals surface area contributed by atoms with Crippen LogP contribution in [0.25, 0.3) is 0 Å². The van der Waals surface area contributed by atoms with Gasteiger partial charge in [0, 0.05) is 37.9 Å². The average Bonchev–Trinajstić information content (AvgIpc) is 3.23. The van der Waals surface area contributed by atoms with Crippen LogP contribution in [0.3, 0.4) is 0 Å². The Hall–Kier alpha value is -2.30. The molecule has 24 heavy (non-hydrogen) atoms. The van der Waals surface area contributed by atoms with E-state index in [0.29, 0.717) is 5.92 Å². The van der Waals surface area contributed by atoms with Gasteiger partial charge in [0.2, 0.25) is 0 Å². The van der Waals surface area contributed by atoms with Crippen LogP contribution in [0.4, 0.5) is 10.5 Å². The van der Waals surface area contributed by atoms with Crippen LogP contribution in [-0.4, -0.2) is 33.8 Å². The molecule has 1 N–H and O–H groups in total. The van der Waals surface area contributed by atoms with Crippen LogP contribution in [0, 0.1) is 0 Å². The largest absolute Gasteiger partial charge is 0.324 e. The molecule has 1 saturated heterocycles. The lowest BCUT2D eigenvalue weighted by molar-refractivity contribution is 0.222. The predicted octanol–water partition coefficient (Wildman–Crippen LogP) is 3.57. The molecule has 1 aromatic carbocycles. The first-order valence-electron chi connectivity index (χ1n) is 8.77. The van der Waals surface area contributed by atoms with Gasteiger partial charge in [0.25, 0.3) is 0 Å². The smallest absolute Gasteiger partial charge is 0.321 e. The zero-order valence-electron chi connectivity index (χ0n) is 14.7. The molecule has 5 nitrogen and oxygen atoms in total. The van der Waals surface area contributed by atoms with Crippen molar-refractivity contribution in [1.82, 2.24) is 14.7 Å². The summed E-state index contributed by atoms with van der Waals surface area (Å²) < 4.78 is 1.82. The van der Waals surface area contributed by atoms with Gasteiger partial charge in [-0.1, -0.05) is 26.0 Å². The van der Waals surface area contributed by atoms with Crippen molar-refractivity contribution in [3.8, 4) is 0 Å². The number of aromatic nitrogens is 2. The first-order chi connectivity index (χ1) is 11.6. The van der Waals surface area contributed by atoms with E-state index in [4.69, 9.17) is 0 Å². The van der Waals surface area contributed by atoms with Crippen LogP contribution in [0.15, 0.2) is 30.6 Å². The first-order valence-corrected chi connectivity index (χ1v) is 8.77. The van der Waals surface area contributed by atoms with Crippen molar-refractivity contribution in [2.45, 2.75) is 39.0 Å². The molecule has 2 aromatic rings. The summed E-state index contributed by atoms with van der Waals surface area (Å²) in [5.74, 6) is 0.386. The number of likely N-dealkylation sites (tertiary alicyclic amines) is 1. The lowest BCUT2D eigenvalue weighted by Gasteiger charge is -2.19. The summed E-state index contributed by atoms with van der Waals surface area (Å²) >= 11 is 0. The van der Waals surface area contributed by atoms with Gasteiger partial charge in [-0.3, -0.25) is 4.68 Å². The maximum absolute atomic E-state index is 12.7. The maximum Gasteiger partial charge on any atom is 0.321 e. The van der Waals surface area contributed by atoms with Gasteiger partial charge < -0.3 is 10.2 Å². The lowest BCUT2D eigenvalue weighted by Crippen LogP contribution is -2.33. The van der Waals surface area contributed by atoms with Crippen molar-refractivity contribution in [1.29, 1.82) is 0 Å². The van der Waals surface area contributed by atoms with Crippen molar-refractivity contribution < 1.29 is 4.79 Å². The Morgan fingerprint density at radius 3 is 2.83 bits per heavy atom. The number of nitrogens with one attached hydrogen (secondary N) is 1. The number of rotatable bonds is 4. The Balaban J connectivity index is 1.67. The number of benzene rings is 1. The highest BCUT2D eigenvalue weighted by Crippen LogP contribution is 2.27. The minimum Gasteiger partial charge on any atom is -0.324 e. The summed E-state index contributed by atoms with van der Waals surface area (Å²) in [6, 6.07) is 6.37. The standard InChI is InChI=1S/C19H26N4O/c1-4-14-6-7-15(5-2)18(10-14)21-19(24)23-9-8-16(13-23)17-11-20-22(3)12-17/h6-7,10-12,16H,4-5,8-9,13H2,1-3H3,(H,21,24)/t16-/m0/s1. The summed E-state index contributed by atoms with van der Waals surface area (Å²) in [6.07, 6.45) is 6.84. The normalized spacial score (nSPS) is 17.3. The summed E-state index contributed by atoms with van der Waals surface area (Å²) in [4.78, 5) is 14.6. The number of carbonyl (C=O) groups is 1. The third kappa shape index (κ3) is 3.45. The molecule has 2 amide bonds. The van der Waals surface area contributed by atoms with Crippen molar-refractivity contribution in [2.75, 3.05) is 18.4 Å². The quantitative estimate of drug-likeness (QED) is 0.934. The Kier molecular flexibility index (Phi) is 4.88. The van der Waals surface area contributed by atoms with Crippen molar-refractivity contribution in [2.24, 2.45) is 7.05 Å². The summed E-state index contributed by atoms with van der Waals surface area (Å²) in [5, 5.41) is 7.36. The molecule has 128 valence electrons. The van der Waals surface area contributed by atoms with Crippen molar-refractivity contribution >= 4 is 11.7 Å². The molecule has 1 aliphatic heterocycles. The van der Waals surface area contributed by atoms with Gasteiger partial charge >= 0.3 is 6.03 Å². The van der Waals surface area contributed by atoms with E-state index in [0.717, 1.165) is 38.0 Å². The van der Waals surface area contributed by atoms with Crippen LogP contribution < -0.4 is 5.32 Å². The fraction of sp³-hybridized carbons (Fsp3) is 0.474. The molecular weight excluding hydrogens is 300 g/mol. The third-order valence-corrected chi connectivity index (χ3v) is 4.88. The molecule has 1 atom stereocenters. The Morgan fingerprint density at radius 1 is 1.33 bits per heavy atom. The molecule has 3 rings (SSSR count). The monoisotopic (exact) mass is 326 g/mol. The van der Waals surface area contributed by atoms with E-state index in [1.807, 2.05) is 29.0 Å². The van der Waals surface area contributed by atoms with Gasteiger partial charge in [-0.05, 0) is 42.0 Å². The highest BCUT2D eigenvalue weighted by molar-refractivity contribution is 5.90. The van der Waals surface area contributed by atoms with E-state index in [1.54, 1.807) is 0 Å². The molecular formula is C19H26N4O. The van der Waals surface area contributed by atoms with Gasteiger partial charge in [0.1, 0.15) is 0 Å². The summed E-state index contributed by atoms with van der Waals surface area (Å²) in [5.41, 5.74) is 4.60. The number of hydrogen-bond donors (Lipinski definition) is 1. The molecule has 1 fully saturated rings. The second kappa shape index (κ2) is 7.07. The number of urea groups is 1. The zero-order valence-corrected chi connectivity index (χ0v) is 14.7. The fourth-order valence-corrected chi connectivity index (χ4v) is 3.33. The van der Waals surface area contributed by atoms with Crippen molar-refractivity contribution in [3.05, 3.63) is 47.3 Å². The van der Waals surface area contributed by atoms with E-state index < -0.39 is 0 Å². The molecule has 0 radical (unpaired) electrons. The number of hydrogen-bond acceptors (Lipinski definition) is 2. The Morgan fingerprint density at radius 2 is 2.17 bits per heavy atom. The van der Waals surface area contributed by atoms with Gasteiger partial charge in [-0.2, -0.15) is 5.10 Å². The van der Waals surface area contributed by atoms with Crippen LogP contribution in [0.1, 0.15) is 42.9 Å². The third-order valence-electron chi connectivity index (χ3n) is 4.88. The van der Waals surface area contributed by atoms with Crippen LogP contribution in [-0.2, 0) is 19.9 Å². The highest BCUT2D eigenvalue weighted by atomic mass is 16.2. The number of nitrogens with zero attached hydrogens (tertiary/aromatic N) is 3. The maximum atomic E-state index is 12.7. The van der Waals surface area contributed by atoms with E-state index >= 15 is 0 Å². The molecule has 1 aromatic heterocycles. The second-order valence-corrected chi connectivity index (χ2v) is 6.51. The molecule has 1 aliphatic rings. The number of amides is 2. The molecule has 0 saturated carbocycles. The van der Waals surface area contributed by atoms with Crippen LogP contribution in [0.2, 0.25) is 0 Å². The average molecular weight is 326 g/mol. The molecule has 0 aliphatic carbocycles. The minimum atomic E-state index is 0.00402. The van der Waals surface area contributed by atoms with E-state index in [9.17, 15) is 4.79 Å². The van der Waals surface area contributed by atoms with Crippen molar-refractivity contribution in [3.63, 3.8) is 0 Å². The van der Waals surface area contributed by atoms with E-state index in [2.05, 4.69) is 42.5 Å². The van der Waals surface area contributed by atoms with Crippen LogP contribution in [0.5, 0.6) is 0 Å². The Labute approximate surface area is 143 Å². The van der Waals surface area contributed by atoms with Gasteiger partial charge in [-0.25, -0.2) is 4.79 Å². The minimum absolute atomic E-state index is 0.00402. The predicted molar refractivity (Wildman–Crippen MR) is 96.4 cm³/mol. The van der Waals surface area contributed by atoms with E-state index in [1.165, 1.54) is 16.7 Å². The summed E-state index contributed by atoms with van der Waals surface area (Å²) in [7, 11) is 1.93. The highest BCUT2D eigenvalue weighted by Gasteiger charge is 2.28. The molecule has 0 bridgehead atoms. The van der Waals surface area contributed by atoms with Gasteiger partial charge in [0.15, 0.2) is 0 Å². The Bertz CT molecular complexity index is 722. The molecule has 2 heterocycles.